The van der Waals surface area contributed by atoms with Gasteiger partial charge < -0.3 is 5.32 Å². The van der Waals surface area contributed by atoms with Crippen LogP contribution in [0, 0.1) is 6.92 Å². The van der Waals surface area contributed by atoms with E-state index < -0.39 is 0 Å². The van der Waals surface area contributed by atoms with E-state index in [0.29, 0.717) is 0 Å². The normalized spacial score (nSPS) is 10.4. The molecule has 0 spiro atoms. The van der Waals surface area contributed by atoms with Gasteiger partial charge in [-0.15, -0.1) is 11.3 Å². The summed E-state index contributed by atoms with van der Waals surface area (Å²) >= 11 is 1.73. The summed E-state index contributed by atoms with van der Waals surface area (Å²) in [5, 5.41) is 4.32. The average molecular weight is 280 g/mol. The zero-order chi connectivity index (χ0) is 13.8. The van der Waals surface area contributed by atoms with Crippen molar-refractivity contribution in [3.63, 3.8) is 0 Å². The maximum Gasteiger partial charge on any atom is 0.187 e. The molecule has 2 aromatic carbocycles. The number of hydrogen-bond donors (Lipinski definition) is 1. The van der Waals surface area contributed by atoms with Gasteiger partial charge in [-0.25, -0.2) is 4.98 Å². The van der Waals surface area contributed by atoms with E-state index in [0.717, 1.165) is 22.9 Å². The quantitative estimate of drug-likeness (QED) is 0.743. The van der Waals surface area contributed by atoms with Gasteiger partial charge >= 0.3 is 0 Å². The molecule has 3 rings (SSSR count). The smallest absolute Gasteiger partial charge is 0.187 e. The predicted molar refractivity (Wildman–Crippen MR) is 85.8 cm³/mol. The lowest BCUT2D eigenvalue weighted by Gasteiger charge is -2.00. The van der Waals surface area contributed by atoms with E-state index in [1.807, 2.05) is 36.4 Å². The number of para-hydroxylation sites is 1. The van der Waals surface area contributed by atoms with Crippen molar-refractivity contribution in [3.8, 4) is 0 Å². The highest BCUT2D eigenvalue weighted by Crippen LogP contribution is 2.27. The Labute approximate surface area is 123 Å². The molecule has 20 heavy (non-hydrogen) atoms. The van der Waals surface area contributed by atoms with Crippen LogP contribution in [0.25, 0.3) is 0 Å². The Bertz CT molecular complexity index is 675. The van der Waals surface area contributed by atoms with Crippen LogP contribution >= 0.6 is 11.3 Å². The Kier molecular flexibility index (Phi) is 3.79. The molecule has 0 bridgehead atoms. The molecule has 0 aliphatic carbocycles. The van der Waals surface area contributed by atoms with Gasteiger partial charge in [-0.05, 0) is 24.6 Å². The van der Waals surface area contributed by atoms with Gasteiger partial charge in [-0.3, -0.25) is 0 Å². The fourth-order valence-corrected chi connectivity index (χ4v) is 3.09. The van der Waals surface area contributed by atoms with Crippen molar-refractivity contribution < 1.29 is 0 Å². The molecule has 0 radical (unpaired) electrons. The Morgan fingerprint density at radius 3 is 2.30 bits per heavy atom. The molecule has 2 nitrogen and oxygen atoms in total. The second kappa shape index (κ2) is 5.88. The third-order valence-corrected chi connectivity index (χ3v) is 4.20. The van der Waals surface area contributed by atoms with Gasteiger partial charge in [-0.1, -0.05) is 48.5 Å². The van der Waals surface area contributed by atoms with Crippen LogP contribution in [0.15, 0.2) is 60.7 Å². The summed E-state index contributed by atoms with van der Waals surface area (Å²) in [7, 11) is 0. The number of aromatic nitrogens is 1. The third-order valence-electron chi connectivity index (χ3n) is 3.13. The summed E-state index contributed by atoms with van der Waals surface area (Å²) in [5.74, 6) is 0. The minimum Gasteiger partial charge on any atom is -0.332 e. The molecular weight excluding hydrogens is 264 g/mol. The number of rotatable bonds is 4. The Balaban J connectivity index is 1.77. The van der Waals surface area contributed by atoms with Gasteiger partial charge in [0.2, 0.25) is 0 Å². The molecule has 3 aromatic rings. The van der Waals surface area contributed by atoms with Gasteiger partial charge in [0.25, 0.3) is 0 Å². The van der Waals surface area contributed by atoms with E-state index in [2.05, 4.69) is 41.5 Å². The molecule has 1 heterocycles. The first-order valence-corrected chi connectivity index (χ1v) is 7.45. The summed E-state index contributed by atoms with van der Waals surface area (Å²) < 4.78 is 0. The highest BCUT2D eigenvalue weighted by molar-refractivity contribution is 7.15. The molecule has 0 atom stereocenters. The van der Waals surface area contributed by atoms with Crippen LogP contribution in [0.4, 0.5) is 10.8 Å². The van der Waals surface area contributed by atoms with Crippen molar-refractivity contribution in [2.24, 2.45) is 0 Å². The van der Waals surface area contributed by atoms with Crippen molar-refractivity contribution in [2.75, 3.05) is 5.32 Å². The SMILES string of the molecule is Cc1nc(Nc2ccccc2)sc1Cc1ccccc1. The Hall–Kier alpha value is -2.13. The fraction of sp³-hybridized carbons (Fsp3) is 0.118. The summed E-state index contributed by atoms with van der Waals surface area (Å²) in [5.41, 5.74) is 3.51. The number of benzene rings is 2. The molecule has 0 aliphatic heterocycles. The summed E-state index contributed by atoms with van der Waals surface area (Å²) in [6.07, 6.45) is 0.945. The van der Waals surface area contributed by atoms with Crippen LogP contribution in [-0.2, 0) is 6.42 Å². The van der Waals surface area contributed by atoms with E-state index in [9.17, 15) is 0 Å². The Morgan fingerprint density at radius 1 is 0.950 bits per heavy atom. The van der Waals surface area contributed by atoms with E-state index in [1.165, 1.54) is 10.4 Å². The van der Waals surface area contributed by atoms with Gasteiger partial charge in [0, 0.05) is 17.0 Å². The molecule has 0 unspecified atom stereocenters. The van der Waals surface area contributed by atoms with Crippen molar-refractivity contribution in [2.45, 2.75) is 13.3 Å². The number of thiazole rings is 1. The van der Waals surface area contributed by atoms with Gasteiger partial charge in [-0.2, -0.15) is 0 Å². The molecule has 0 saturated carbocycles. The van der Waals surface area contributed by atoms with Crippen LogP contribution in [-0.4, -0.2) is 4.98 Å². The second-order valence-corrected chi connectivity index (χ2v) is 5.76. The summed E-state index contributed by atoms with van der Waals surface area (Å²) in [6.45, 7) is 2.07. The van der Waals surface area contributed by atoms with E-state index in [-0.39, 0.29) is 0 Å². The van der Waals surface area contributed by atoms with Crippen LogP contribution in [0.1, 0.15) is 16.1 Å². The van der Waals surface area contributed by atoms with Crippen molar-refractivity contribution in [3.05, 3.63) is 76.8 Å². The lowest BCUT2D eigenvalue weighted by atomic mass is 10.1. The van der Waals surface area contributed by atoms with Gasteiger partial charge in [0.1, 0.15) is 0 Å². The zero-order valence-corrected chi connectivity index (χ0v) is 12.2. The predicted octanol–water partition coefficient (Wildman–Crippen LogP) is 4.79. The van der Waals surface area contributed by atoms with Crippen molar-refractivity contribution in [1.82, 2.24) is 4.98 Å². The number of hydrogen-bond acceptors (Lipinski definition) is 3. The molecule has 100 valence electrons. The first-order valence-electron chi connectivity index (χ1n) is 6.63. The fourth-order valence-electron chi connectivity index (χ4n) is 2.07. The topological polar surface area (TPSA) is 24.9 Å². The van der Waals surface area contributed by atoms with Gasteiger partial charge in [0.05, 0.1) is 5.69 Å². The van der Waals surface area contributed by atoms with Gasteiger partial charge in [0.15, 0.2) is 5.13 Å². The van der Waals surface area contributed by atoms with E-state index >= 15 is 0 Å². The van der Waals surface area contributed by atoms with E-state index in [4.69, 9.17) is 0 Å². The first kappa shape index (κ1) is 12.9. The number of aryl methyl sites for hydroxylation is 1. The molecule has 0 fully saturated rings. The standard InChI is InChI=1S/C17H16N2S/c1-13-16(12-14-8-4-2-5-9-14)20-17(18-13)19-15-10-6-3-7-11-15/h2-11H,12H2,1H3,(H,18,19). The zero-order valence-electron chi connectivity index (χ0n) is 11.3. The first-order chi connectivity index (χ1) is 9.81. The minimum absolute atomic E-state index is 0.945. The van der Waals surface area contributed by atoms with Crippen LogP contribution in [0.5, 0.6) is 0 Å². The number of nitrogens with zero attached hydrogens (tertiary/aromatic N) is 1. The van der Waals surface area contributed by atoms with Crippen molar-refractivity contribution in [1.29, 1.82) is 0 Å². The summed E-state index contributed by atoms with van der Waals surface area (Å²) in [4.78, 5) is 5.92. The minimum atomic E-state index is 0.945. The maximum absolute atomic E-state index is 4.61. The number of nitrogens with one attached hydrogen (secondary N) is 1. The third kappa shape index (κ3) is 3.06. The lowest BCUT2D eigenvalue weighted by Crippen LogP contribution is -1.88. The largest absolute Gasteiger partial charge is 0.332 e. The van der Waals surface area contributed by atoms with Crippen LogP contribution in [0.3, 0.4) is 0 Å². The van der Waals surface area contributed by atoms with Crippen LogP contribution < -0.4 is 5.32 Å². The highest BCUT2D eigenvalue weighted by atomic mass is 32.1. The molecule has 1 N–H and O–H groups in total. The molecule has 0 saturated heterocycles. The highest BCUT2D eigenvalue weighted by Gasteiger charge is 2.08. The number of anilines is 2. The van der Waals surface area contributed by atoms with E-state index in [1.54, 1.807) is 11.3 Å². The Morgan fingerprint density at radius 2 is 1.60 bits per heavy atom. The molecule has 1 aromatic heterocycles. The lowest BCUT2D eigenvalue weighted by molar-refractivity contribution is 1.15. The summed E-state index contributed by atoms with van der Waals surface area (Å²) in [6, 6.07) is 20.7. The average Bonchev–Trinajstić information content (AvgIpc) is 2.81. The second-order valence-electron chi connectivity index (χ2n) is 4.68. The molecular formula is C17H16N2S. The maximum atomic E-state index is 4.61. The molecule has 0 amide bonds. The monoisotopic (exact) mass is 280 g/mol. The van der Waals surface area contributed by atoms with Crippen molar-refractivity contribution >= 4 is 22.2 Å². The molecule has 3 heteroatoms. The van der Waals surface area contributed by atoms with Crippen LogP contribution in [0.2, 0.25) is 0 Å². The molecule has 0 aliphatic rings.